The van der Waals surface area contributed by atoms with Gasteiger partial charge in [-0.15, -0.1) is 0 Å². The van der Waals surface area contributed by atoms with Crippen molar-refractivity contribution < 1.29 is 9.53 Å². The molecule has 4 nitrogen and oxygen atoms in total. The molecule has 0 saturated carbocycles. The molecule has 3 rings (SSSR count). The second-order valence-corrected chi connectivity index (χ2v) is 5.59. The fourth-order valence-corrected chi connectivity index (χ4v) is 3.08. The molecule has 2 aliphatic heterocycles. The van der Waals surface area contributed by atoms with Crippen LogP contribution in [0.4, 0.5) is 11.4 Å². The fraction of sp³-hybridized carbons (Fsp3) is 0.562. The first-order chi connectivity index (χ1) is 9.79. The van der Waals surface area contributed by atoms with Crippen LogP contribution in [0.2, 0.25) is 0 Å². The van der Waals surface area contributed by atoms with Crippen molar-refractivity contribution >= 4 is 17.3 Å². The number of methoxy groups -OCH3 is 1. The van der Waals surface area contributed by atoms with Crippen LogP contribution in [0, 0.1) is 0 Å². The number of nitrogens with zero attached hydrogens (tertiary/aromatic N) is 2. The van der Waals surface area contributed by atoms with E-state index in [0.717, 1.165) is 31.7 Å². The summed E-state index contributed by atoms with van der Waals surface area (Å²) in [6, 6.07) is 8.50. The first-order valence-corrected chi connectivity index (χ1v) is 7.49. The van der Waals surface area contributed by atoms with Gasteiger partial charge < -0.3 is 14.5 Å². The molecule has 108 valence electrons. The smallest absolute Gasteiger partial charge is 0.328 e. The summed E-state index contributed by atoms with van der Waals surface area (Å²) >= 11 is 0. The number of anilines is 2. The van der Waals surface area contributed by atoms with Crippen molar-refractivity contribution in [1.29, 1.82) is 0 Å². The van der Waals surface area contributed by atoms with Crippen LogP contribution in [0.5, 0.6) is 0 Å². The quantitative estimate of drug-likeness (QED) is 0.793. The molecule has 0 amide bonds. The van der Waals surface area contributed by atoms with Crippen molar-refractivity contribution in [3.63, 3.8) is 0 Å². The van der Waals surface area contributed by atoms with Crippen LogP contribution in [-0.2, 0) is 9.53 Å². The van der Waals surface area contributed by atoms with Crippen LogP contribution >= 0.6 is 0 Å². The van der Waals surface area contributed by atoms with E-state index in [2.05, 4.69) is 34.1 Å². The number of piperidine rings is 1. The van der Waals surface area contributed by atoms with Gasteiger partial charge in [0, 0.05) is 31.0 Å². The largest absolute Gasteiger partial charge is 0.467 e. The summed E-state index contributed by atoms with van der Waals surface area (Å²) < 4.78 is 4.84. The maximum absolute atomic E-state index is 11.6. The van der Waals surface area contributed by atoms with Gasteiger partial charge in [-0.3, -0.25) is 0 Å². The van der Waals surface area contributed by atoms with Crippen LogP contribution < -0.4 is 9.80 Å². The molecule has 0 radical (unpaired) electrons. The minimum absolute atomic E-state index is 0.0964. The normalized spacial score (nSPS) is 22.4. The third-order valence-electron chi connectivity index (χ3n) is 4.40. The summed E-state index contributed by atoms with van der Waals surface area (Å²) in [5.74, 6) is -0.128. The van der Waals surface area contributed by atoms with Gasteiger partial charge in [0.05, 0.1) is 7.11 Å². The SMILES string of the molecule is COC(=O)C1CCN1c1ccc(N2CCCCC2)cc1. The van der Waals surface area contributed by atoms with E-state index in [9.17, 15) is 4.79 Å². The van der Waals surface area contributed by atoms with Gasteiger partial charge in [0.15, 0.2) is 0 Å². The van der Waals surface area contributed by atoms with Crippen molar-refractivity contribution in [1.82, 2.24) is 0 Å². The maximum atomic E-state index is 11.6. The second kappa shape index (κ2) is 5.73. The lowest BCUT2D eigenvalue weighted by Crippen LogP contribution is -2.53. The number of esters is 1. The highest BCUT2D eigenvalue weighted by molar-refractivity contribution is 5.82. The molecule has 2 saturated heterocycles. The van der Waals surface area contributed by atoms with Crippen molar-refractivity contribution in [3.8, 4) is 0 Å². The summed E-state index contributed by atoms with van der Waals surface area (Å²) in [5.41, 5.74) is 2.41. The standard InChI is InChI=1S/C16H22N2O2/c1-20-16(19)15-9-12-18(15)14-7-5-13(6-8-14)17-10-3-2-4-11-17/h5-8,15H,2-4,9-12H2,1H3. The van der Waals surface area contributed by atoms with E-state index in [4.69, 9.17) is 4.74 Å². The van der Waals surface area contributed by atoms with Crippen LogP contribution in [-0.4, -0.2) is 38.8 Å². The van der Waals surface area contributed by atoms with Gasteiger partial charge >= 0.3 is 5.97 Å². The van der Waals surface area contributed by atoms with E-state index in [-0.39, 0.29) is 12.0 Å². The van der Waals surface area contributed by atoms with Gasteiger partial charge in [-0.1, -0.05) is 0 Å². The molecule has 20 heavy (non-hydrogen) atoms. The van der Waals surface area contributed by atoms with Crippen molar-refractivity contribution in [2.75, 3.05) is 36.5 Å². The zero-order chi connectivity index (χ0) is 13.9. The van der Waals surface area contributed by atoms with E-state index < -0.39 is 0 Å². The molecule has 2 fully saturated rings. The van der Waals surface area contributed by atoms with Gasteiger partial charge in [-0.2, -0.15) is 0 Å². The van der Waals surface area contributed by atoms with Crippen molar-refractivity contribution in [3.05, 3.63) is 24.3 Å². The van der Waals surface area contributed by atoms with Gasteiger partial charge in [-0.25, -0.2) is 4.79 Å². The Labute approximate surface area is 120 Å². The minimum atomic E-state index is -0.128. The average Bonchev–Trinajstić information content (AvgIpc) is 2.47. The zero-order valence-electron chi connectivity index (χ0n) is 12.0. The van der Waals surface area contributed by atoms with Crippen LogP contribution in [0.1, 0.15) is 25.7 Å². The minimum Gasteiger partial charge on any atom is -0.467 e. The summed E-state index contributed by atoms with van der Waals surface area (Å²) in [7, 11) is 1.46. The van der Waals surface area contributed by atoms with Crippen LogP contribution in [0.25, 0.3) is 0 Å². The predicted molar refractivity (Wildman–Crippen MR) is 80.3 cm³/mol. The van der Waals surface area contributed by atoms with Gasteiger partial charge in [-0.05, 0) is 49.9 Å². The Morgan fingerprint density at radius 2 is 1.70 bits per heavy atom. The molecule has 2 heterocycles. The second-order valence-electron chi connectivity index (χ2n) is 5.59. The highest BCUT2D eigenvalue weighted by Crippen LogP contribution is 2.29. The highest BCUT2D eigenvalue weighted by Gasteiger charge is 2.35. The number of ether oxygens (including phenoxy) is 1. The van der Waals surface area contributed by atoms with E-state index in [1.165, 1.54) is 32.1 Å². The summed E-state index contributed by atoms with van der Waals surface area (Å²) in [5, 5.41) is 0. The molecular weight excluding hydrogens is 252 g/mol. The molecule has 2 aliphatic rings. The third kappa shape index (κ3) is 2.47. The Bertz CT molecular complexity index is 466. The highest BCUT2D eigenvalue weighted by atomic mass is 16.5. The van der Waals surface area contributed by atoms with E-state index >= 15 is 0 Å². The predicted octanol–water partition coefficient (Wildman–Crippen LogP) is 2.43. The Morgan fingerprint density at radius 1 is 1.05 bits per heavy atom. The molecule has 4 heteroatoms. The van der Waals surface area contributed by atoms with Crippen molar-refractivity contribution in [2.24, 2.45) is 0 Å². The molecular formula is C16H22N2O2. The molecule has 1 unspecified atom stereocenters. The first-order valence-electron chi connectivity index (χ1n) is 7.49. The van der Waals surface area contributed by atoms with E-state index in [1.807, 2.05) is 0 Å². The zero-order valence-corrected chi connectivity index (χ0v) is 12.0. The Balaban J connectivity index is 1.68. The lowest BCUT2D eigenvalue weighted by atomic mass is 10.0. The number of hydrogen-bond donors (Lipinski definition) is 0. The van der Waals surface area contributed by atoms with E-state index in [0.29, 0.717) is 0 Å². The molecule has 0 N–H and O–H groups in total. The Morgan fingerprint density at radius 3 is 2.25 bits per heavy atom. The lowest BCUT2D eigenvalue weighted by Gasteiger charge is -2.41. The maximum Gasteiger partial charge on any atom is 0.328 e. The topological polar surface area (TPSA) is 32.8 Å². The number of carbonyl (C=O) groups is 1. The third-order valence-corrected chi connectivity index (χ3v) is 4.40. The summed E-state index contributed by atoms with van der Waals surface area (Å²) in [6.07, 6.45) is 4.82. The number of rotatable bonds is 3. The van der Waals surface area contributed by atoms with Gasteiger partial charge in [0.2, 0.25) is 0 Å². The molecule has 1 aromatic carbocycles. The van der Waals surface area contributed by atoms with Gasteiger partial charge in [0.25, 0.3) is 0 Å². The first kappa shape index (κ1) is 13.3. The molecule has 1 atom stereocenters. The molecule has 1 aromatic rings. The van der Waals surface area contributed by atoms with Gasteiger partial charge in [0.1, 0.15) is 6.04 Å². The number of carbonyl (C=O) groups excluding carboxylic acids is 1. The van der Waals surface area contributed by atoms with Crippen LogP contribution in [0.3, 0.4) is 0 Å². The Kier molecular flexibility index (Phi) is 3.81. The molecule has 0 spiro atoms. The average molecular weight is 274 g/mol. The number of hydrogen-bond acceptors (Lipinski definition) is 4. The fourth-order valence-electron chi connectivity index (χ4n) is 3.08. The van der Waals surface area contributed by atoms with Crippen LogP contribution in [0.15, 0.2) is 24.3 Å². The van der Waals surface area contributed by atoms with E-state index in [1.54, 1.807) is 0 Å². The number of benzene rings is 1. The van der Waals surface area contributed by atoms with Crippen molar-refractivity contribution in [2.45, 2.75) is 31.7 Å². The monoisotopic (exact) mass is 274 g/mol. The summed E-state index contributed by atoms with van der Waals surface area (Å²) in [4.78, 5) is 16.2. The lowest BCUT2D eigenvalue weighted by molar-refractivity contribution is -0.143. The molecule has 0 bridgehead atoms. The molecule has 0 aromatic heterocycles. The summed E-state index contributed by atoms with van der Waals surface area (Å²) in [6.45, 7) is 3.25. The Hall–Kier alpha value is -1.71. The molecule has 0 aliphatic carbocycles.